The molecule has 0 spiro atoms. The van der Waals surface area contributed by atoms with E-state index in [0.29, 0.717) is 16.3 Å². The first-order valence-electron chi connectivity index (χ1n) is 5.69. The van der Waals surface area contributed by atoms with Crippen molar-refractivity contribution in [3.8, 4) is 0 Å². The van der Waals surface area contributed by atoms with Crippen molar-refractivity contribution in [2.75, 3.05) is 0 Å². The highest BCUT2D eigenvalue weighted by Gasteiger charge is 2.38. The van der Waals surface area contributed by atoms with E-state index in [1.165, 1.54) is 5.01 Å². The average molecular weight is 263 g/mol. The highest BCUT2D eigenvalue weighted by Crippen LogP contribution is 2.36. The van der Waals surface area contributed by atoms with Crippen LogP contribution in [0.5, 0.6) is 0 Å². The van der Waals surface area contributed by atoms with Crippen molar-refractivity contribution in [1.82, 2.24) is 5.01 Å². The first-order chi connectivity index (χ1) is 8.34. The molecule has 18 heavy (non-hydrogen) atoms. The third-order valence-corrected chi connectivity index (χ3v) is 3.67. The van der Waals surface area contributed by atoms with Crippen molar-refractivity contribution >= 4 is 23.2 Å². The first-order valence-corrected chi connectivity index (χ1v) is 6.07. The highest BCUT2D eigenvalue weighted by molar-refractivity contribution is 6.30. The Hall–Kier alpha value is -1.61. The Morgan fingerprint density at radius 3 is 2.33 bits per heavy atom. The van der Waals surface area contributed by atoms with Gasteiger partial charge in [0.1, 0.15) is 0 Å². The molecular formula is C14H15ClN2O. The summed E-state index contributed by atoms with van der Waals surface area (Å²) in [6.07, 6.45) is 0. The number of hydrazone groups is 1. The van der Waals surface area contributed by atoms with Crippen molar-refractivity contribution in [1.29, 1.82) is 0 Å². The minimum atomic E-state index is -0.276. The molecule has 0 atom stereocenters. The van der Waals surface area contributed by atoms with Gasteiger partial charge < -0.3 is 0 Å². The lowest BCUT2D eigenvalue weighted by Gasteiger charge is -2.22. The van der Waals surface area contributed by atoms with Crippen LogP contribution in [0.3, 0.4) is 0 Å². The molecule has 0 unspecified atom stereocenters. The summed E-state index contributed by atoms with van der Waals surface area (Å²) < 4.78 is 0. The Labute approximate surface area is 112 Å². The number of benzene rings is 1. The predicted octanol–water partition coefficient (Wildman–Crippen LogP) is 3.71. The zero-order valence-electron chi connectivity index (χ0n) is 10.7. The van der Waals surface area contributed by atoms with E-state index in [0.717, 1.165) is 5.71 Å². The topological polar surface area (TPSA) is 32.7 Å². The second-order valence-electron chi connectivity index (χ2n) is 4.88. The summed E-state index contributed by atoms with van der Waals surface area (Å²) in [6, 6.07) is 6.76. The van der Waals surface area contributed by atoms with E-state index >= 15 is 0 Å². The SMILES string of the molecule is C=C1N(C(=O)c2ccc(Cl)cc2)N=C(C)C1(C)C. The number of amides is 1. The largest absolute Gasteiger partial charge is 0.278 e. The second-order valence-corrected chi connectivity index (χ2v) is 5.32. The van der Waals surface area contributed by atoms with Gasteiger partial charge in [0.15, 0.2) is 0 Å². The Bertz CT molecular complexity index is 543. The standard InChI is InChI=1S/C14H15ClN2O/c1-9-14(3,4)10(2)17(16-9)13(18)11-5-7-12(15)8-6-11/h5-8H,2H2,1,3-4H3. The maximum atomic E-state index is 12.3. The number of rotatable bonds is 1. The third-order valence-electron chi connectivity index (χ3n) is 3.42. The molecule has 0 aromatic heterocycles. The zero-order valence-corrected chi connectivity index (χ0v) is 11.5. The van der Waals surface area contributed by atoms with Crippen LogP contribution < -0.4 is 0 Å². The molecular weight excluding hydrogens is 248 g/mol. The molecule has 0 N–H and O–H groups in total. The summed E-state index contributed by atoms with van der Waals surface area (Å²) in [5.74, 6) is -0.179. The molecule has 2 rings (SSSR count). The van der Waals surface area contributed by atoms with Gasteiger partial charge in [-0.15, -0.1) is 0 Å². The van der Waals surface area contributed by atoms with Crippen LogP contribution in [0.25, 0.3) is 0 Å². The molecule has 1 amide bonds. The van der Waals surface area contributed by atoms with Crippen molar-refractivity contribution in [2.45, 2.75) is 20.8 Å². The molecule has 1 aliphatic heterocycles. The summed E-state index contributed by atoms with van der Waals surface area (Å²) in [5, 5.41) is 6.27. The quantitative estimate of drug-likeness (QED) is 0.759. The first kappa shape index (κ1) is 12.8. The Balaban J connectivity index is 2.32. The normalized spacial score (nSPS) is 17.9. The molecule has 1 heterocycles. The van der Waals surface area contributed by atoms with Gasteiger partial charge in [0.2, 0.25) is 0 Å². The van der Waals surface area contributed by atoms with E-state index in [2.05, 4.69) is 11.7 Å². The number of carbonyl (C=O) groups is 1. The third kappa shape index (κ3) is 1.95. The van der Waals surface area contributed by atoms with Crippen LogP contribution in [0, 0.1) is 5.41 Å². The smallest absolute Gasteiger partial charge is 0.267 e. The second kappa shape index (κ2) is 4.25. The molecule has 1 aromatic carbocycles. The lowest BCUT2D eigenvalue weighted by molar-refractivity contribution is 0.0806. The number of halogens is 1. The number of carbonyl (C=O) groups excluding carboxylic acids is 1. The molecule has 1 aromatic rings. The zero-order chi connectivity index (χ0) is 13.5. The van der Waals surface area contributed by atoms with Crippen molar-refractivity contribution in [3.63, 3.8) is 0 Å². The molecule has 3 nitrogen and oxygen atoms in total. The molecule has 0 radical (unpaired) electrons. The highest BCUT2D eigenvalue weighted by atomic mass is 35.5. The van der Waals surface area contributed by atoms with E-state index in [1.807, 2.05) is 20.8 Å². The molecule has 1 aliphatic rings. The number of nitrogens with zero attached hydrogens (tertiary/aromatic N) is 2. The van der Waals surface area contributed by atoms with Crippen LogP contribution in [0.2, 0.25) is 5.02 Å². The predicted molar refractivity (Wildman–Crippen MR) is 73.7 cm³/mol. The van der Waals surface area contributed by atoms with Gasteiger partial charge in [0.05, 0.1) is 5.70 Å². The lowest BCUT2D eigenvalue weighted by Crippen LogP contribution is -2.27. The number of hydrogen-bond donors (Lipinski definition) is 0. The van der Waals surface area contributed by atoms with Crippen LogP contribution in [0.1, 0.15) is 31.1 Å². The molecule has 0 fully saturated rings. The van der Waals surface area contributed by atoms with E-state index in [9.17, 15) is 4.79 Å². The molecule has 0 saturated carbocycles. The van der Waals surface area contributed by atoms with Crippen LogP contribution in [-0.4, -0.2) is 16.6 Å². The minimum absolute atomic E-state index is 0.179. The minimum Gasteiger partial charge on any atom is -0.267 e. The average Bonchev–Trinajstić information content (AvgIpc) is 2.53. The molecule has 0 saturated heterocycles. The lowest BCUT2D eigenvalue weighted by atomic mass is 9.86. The number of hydrogen-bond acceptors (Lipinski definition) is 2. The van der Waals surface area contributed by atoms with Gasteiger partial charge in [-0.25, -0.2) is 5.01 Å². The molecule has 4 heteroatoms. The van der Waals surface area contributed by atoms with Crippen LogP contribution >= 0.6 is 11.6 Å². The summed E-state index contributed by atoms with van der Waals surface area (Å²) in [5.41, 5.74) is 1.85. The van der Waals surface area contributed by atoms with Gasteiger partial charge >= 0.3 is 0 Å². The summed E-state index contributed by atoms with van der Waals surface area (Å²) in [6.45, 7) is 9.88. The summed E-state index contributed by atoms with van der Waals surface area (Å²) in [4.78, 5) is 12.3. The fourth-order valence-corrected chi connectivity index (χ4v) is 1.82. The van der Waals surface area contributed by atoms with Gasteiger partial charge in [-0.3, -0.25) is 4.79 Å². The Kier molecular flexibility index (Phi) is 3.03. The number of allylic oxidation sites excluding steroid dienone is 1. The van der Waals surface area contributed by atoms with E-state index < -0.39 is 0 Å². The van der Waals surface area contributed by atoms with E-state index in [4.69, 9.17) is 11.6 Å². The van der Waals surface area contributed by atoms with Gasteiger partial charge in [0, 0.05) is 21.7 Å². The van der Waals surface area contributed by atoms with Crippen molar-refractivity contribution in [2.24, 2.45) is 10.5 Å². The monoisotopic (exact) mass is 262 g/mol. The Morgan fingerprint density at radius 1 is 1.33 bits per heavy atom. The van der Waals surface area contributed by atoms with E-state index in [-0.39, 0.29) is 11.3 Å². The van der Waals surface area contributed by atoms with Gasteiger partial charge in [-0.05, 0) is 45.0 Å². The molecule has 94 valence electrons. The summed E-state index contributed by atoms with van der Waals surface area (Å²) >= 11 is 5.80. The van der Waals surface area contributed by atoms with Gasteiger partial charge in [-0.2, -0.15) is 5.10 Å². The fourth-order valence-electron chi connectivity index (χ4n) is 1.69. The fraction of sp³-hybridized carbons (Fsp3) is 0.286. The van der Waals surface area contributed by atoms with Crippen molar-refractivity contribution < 1.29 is 4.79 Å². The van der Waals surface area contributed by atoms with Gasteiger partial charge in [-0.1, -0.05) is 18.2 Å². The maximum absolute atomic E-state index is 12.3. The molecule has 0 bridgehead atoms. The Morgan fingerprint density at radius 2 is 1.89 bits per heavy atom. The van der Waals surface area contributed by atoms with Crippen LogP contribution in [-0.2, 0) is 0 Å². The maximum Gasteiger partial charge on any atom is 0.278 e. The van der Waals surface area contributed by atoms with Crippen LogP contribution in [0.4, 0.5) is 0 Å². The van der Waals surface area contributed by atoms with E-state index in [1.54, 1.807) is 24.3 Å². The molecule has 0 aliphatic carbocycles. The van der Waals surface area contributed by atoms with Gasteiger partial charge in [0.25, 0.3) is 5.91 Å². The summed E-state index contributed by atoms with van der Waals surface area (Å²) in [7, 11) is 0. The van der Waals surface area contributed by atoms with Crippen LogP contribution in [0.15, 0.2) is 41.6 Å². The van der Waals surface area contributed by atoms with Crippen molar-refractivity contribution in [3.05, 3.63) is 47.1 Å².